The van der Waals surface area contributed by atoms with Gasteiger partial charge in [0.1, 0.15) is 0 Å². The third-order valence-electron chi connectivity index (χ3n) is 4.61. The van der Waals surface area contributed by atoms with Crippen LogP contribution in [0.2, 0.25) is 0 Å². The molecule has 0 aliphatic carbocycles. The van der Waals surface area contributed by atoms with Gasteiger partial charge >= 0.3 is 6.03 Å². The van der Waals surface area contributed by atoms with Crippen LogP contribution in [-0.4, -0.2) is 52.6 Å². The summed E-state index contributed by atoms with van der Waals surface area (Å²) in [5.41, 5.74) is 2.21. The van der Waals surface area contributed by atoms with E-state index in [0.29, 0.717) is 24.9 Å². The summed E-state index contributed by atoms with van der Waals surface area (Å²) in [5, 5.41) is 13.5. The molecule has 1 aliphatic heterocycles. The number of aryl methyl sites for hydroxylation is 1. The number of nitrogens with zero attached hydrogens (tertiary/aromatic N) is 4. The minimum absolute atomic E-state index is 0.155. The van der Waals surface area contributed by atoms with Gasteiger partial charge in [-0.25, -0.2) is 4.79 Å². The van der Waals surface area contributed by atoms with Gasteiger partial charge in [0.25, 0.3) is 0 Å². The molecule has 2 amide bonds. The van der Waals surface area contributed by atoms with E-state index in [1.54, 1.807) is 17.9 Å². The van der Waals surface area contributed by atoms with Crippen molar-refractivity contribution in [3.63, 3.8) is 0 Å². The van der Waals surface area contributed by atoms with Crippen LogP contribution in [0.1, 0.15) is 17.2 Å². The van der Waals surface area contributed by atoms with Crippen LogP contribution in [0.4, 0.5) is 4.79 Å². The quantitative estimate of drug-likeness (QED) is 0.857. The van der Waals surface area contributed by atoms with Gasteiger partial charge in [-0.1, -0.05) is 35.5 Å². The van der Waals surface area contributed by atoms with Crippen LogP contribution < -0.4 is 10.6 Å². The van der Waals surface area contributed by atoms with E-state index in [9.17, 15) is 4.79 Å². The maximum Gasteiger partial charge on any atom is 0.315 e. The Balaban J connectivity index is 1.51. The summed E-state index contributed by atoms with van der Waals surface area (Å²) in [6.07, 6.45) is 1.65. The Labute approximate surface area is 142 Å². The highest BCUT2D eigenvalue weighted by molar-refractivity contribution is 5.73. The number of aromatic nitrogens is 3. The van der Waals surface area contributed by atoms with Crippen molar-refractivity contribution in [2.75, 3.05) is 26.7 Å². The molecule has 7 nitrogen and oxygen atoms in total. The van der Waals surface area contributed by atoms with E-state index in [1.165, 1.54) is 5.56 Å². The number of carbonyl (C=O) groups excluding carboxylic acids is 1. The molecule has 24 heavy (non-hydrogen) atoms. The largest absolute Gasteiger partial charge is 0.338 e. The van der Waals surface area contributed by atoms with E-state index in [1.807, 2.05) is 6.07 Å². The second-order valence-corrected chi connectivity index (χ2v) is 6.41. The molecule has 3 rings (SSSR count). The first-order valence-corrected chi connectivity index (χ1v) is 8.22. The van der Waals surface area contributed by atoms with Gasteiger partial charge < -0.3 is 15.5 Å². The summed E-state index contributed by atoms with van der Waals surface area (Å²) in [4.78, 5) is 14.4. The summed E-state index contributed by atoms with van der Waals surface area (Å²) < 4.78 is 1.65. The van der Waals surface area contributed by atoms with Gasteiger partial charge in [-0.2, -0.15) is 0 Å². The number of benzene rings is 1. The van der Waals surface area contributed by atoms with E-state index in [2.05, 4.69) is 57.2 Å². The van der Waals surface area contributed by atoms with Crippen molar-refractivity contribution in [3.8, 4) is 0 Å². The molecule has 1 aromatic carbocycles. The first-order chi connectivity index (χ1) is 11.6. The van der Waals surface area contributed by atoms with Gasteiger partial charge in [0.15, 0.2) is 0 Å². The Kier molecular flexibility index (Phi) is 5.10. The van der Waals surface area contributed by atoms with Gasteiger partial charge in [0, 0.05) is 32.6 Å². The molecule has 128 valence electrons. The number of nitrogens with one attached hydrogen (secondary N) is 2. The van der Waals surface area contributed by atoms with Gasteiger partial charge in [-0.15, -0.1) is 5.10 Å². The second kappa shape index (κ2) is 7.44. The minimum atomic E-state index is -0.155. The second-order valence-electron chi connectivity index (χ2n) is 6.41. The molecular formula is C17H24N6O. The van der Waals surface area contributed by atoms with Crippen LogP contribution in [0.15, 0.2) is 36.5 Å². The van der Waals surface area contributed by atoms with Crippen LogP contribution in [0.3, 0.4) is 0 Å². The average molecular weight is 328 g/mol. The van der Waals surface area contributed by atoms with Gasteiger partial charge in [0.2, 0.25) is 0 Å². The van der Waals surface area contributed by atoms with Crippen molar-refractivity contribution in [1.29, 1.82) is 0 Å². The summed E-state index contributed by atoms with van der Waals surface area (Å²) in [7, 11) is 3.94. The molecule has 0 radical (unpaired) electrons. The van der Waals surface area contributed by atoms with Gasteiger partial charge in [0.05, 0.1) is 18.4 Å². The summed E-state index contributed by atoms with van der Waals surface area (Å²) in [6, 6.07) is 10.4. The highest BCUT2D eigenvalue weighted by atomic mass is 16.2. The smallest absolute Gasteiger partial charge is 0.315 e. The lowest BCUT2D eigenvalue weighted by Crippen LogP contribution is -2.39. The molecule has 1 aromatic heterocycles. The highest BCUT2D eigenvalue weighted by Crippen LogP contribution is 2.31. The fourth-order valence-electron chi connectivity index (χ4n) is 3.30. The molecule has 0 bridgehead atoms. The van der Waals surface area contributed by atoms with E-state index in [4.69, 9.17) is 0 Å². The van der Waals surface area contributed by atoms with E-state index in [0.717, 1.165) is 18.8 Å². The molecule has 2 aromatic rings. The number of likely N-dealkylation sites (tertiary alicyclic amines) is 1. The maximum absolute atomic E-state index is 12.0. The van der Waals surface area contributed by atoms with E-state index < -0.39 is 0 Å². The van der Waals surface area contributed by atoms with Crippen molar-refractivity contribution in [1.82, 2.24) is 30.5 Å². The molecule has 0 unspecified atom stereocenters. The Bertz CT molecular complexity index is 671. The summed E-state index contributed by atoms with van der Waals surface area (Å²) >= 11 is 0. The van der Waals surface area contributed by atoms with E-state index >= 15 is 0 Å². The van der Waals surface area contributed by atoms with Gasteiger partial charge in [-0.3, -0.25) is 4.68 Å². The summed E-state index contributed by atoms with van der Waals surface area (Å²) in [5.74, 6) is 0.874. The first-order valence-electron chi connectivity index (χ1n) is 8.22. The predicted octanol–water partition coefficient (Wildman–Crippen LogP) is 0.960. The monoisotopic (exact) mass is 328 g/mol. The number of amides is 2. The molecule has 1 aliphatic rings. The number of urea groups is 1. The van der Waals surface area contributed by atoms with Crippen LogP contribution in [0, 0.1) is 5.92 Å². The minimum Gasteiger partial charge on any atom is -0.338 e. The Morgan fingerprint density at radius 1 is 1.21 bits per heavy atom. The van der Waals surface area contributed by atoms with Crippen LogP contribution in [0.5, 0.6) is 0 Å². The Morgan fingerprint density at radius 2 is 2.00 bits per heavy atom. The zero-order valence-electron chi connectivity index (χ0n) is 14.1. The number of rotatable bonds is 5. The Hall–Kier alpha value is -2.41. The standard InChI is InChI=1S/C17H24N6O/c1-22-11-14(16(12-22)13-6-4-3-5-7-13)8-18-17(24)19-9-15-10-20-21-23(15)2/h3-7,10,14,16H,8-9,11-12H2,1-2H3,(H2,18,19,24)/t14-,16+/m1/s1. The number of carbonyl (C=O) groups is 1. The van der Waals surface area contributed by atoms with Crippen LogP contribution >= 0.6 is 0 Å². The predicted molar refractivity (Wildman–Crippen MR) is 91.4 cm³/mol. The lowest BCUT2D eigenvalue weighted by atomic mass is 9.89. The highest BCUT2D eigenvalue weighted by Gasteiger charge is 2.31. The molecule has 0 saturated carbocycles. The molecule has 2 N–H and O–H groups in total. The number of hydrogen-bond acceptors (Lipinski definition) is 4. The molecule has 2 atom stereocenters. The lowest BCUT2D eigenvalue weighted by Gasteiger charge is -2.19. The van der Waals surface area contributed by atoms with E-state index in [-0.39, 0.29) is 6.03 Å². The number of likely N-dealkylation sites (N-methyl/N-ethyl adjacent to an activating group) is 1. The van der Waals surface area contributed by atoms with Crippen molar-refractivity contribution in [2.24, 2.45) is 13.0 Å². The fraction of sp³-hybridized carbons (Fsp3) is 0.471. The van der Waals surface area contributed by atoms with Crippen molar-refractivity contribution in [2.45, 2.75) is 12.5 Å². The van der Waals surface area contributed by atoms with Crippen LogP contribution in [0.25, 0.3) is 0 Å². The zero-order valence-corrected chi connectivity index (χ0v) is 14.1. The van der Waals surface area contributed by atoms with Crippen molar-refractivity contribution >= 4 is 6.03 Å². The first kappa shape index (κ1) is 16.4. The molecular weight excluding hydrogens is 304 g/mol. The van der Waals surface area contributed by atoms with Gasteiger partial charge in [-0.05, 0) is 18.5 Å². The third kappa shape index (κ3) is 3.91. The summed E-state index contributed by atoms with van der Waals surface area (Å²) in [6.45, 7) is 3.10. The fourth-order valence-corrected chi connectivity index (χ4v) is 3.30. The zero-order chi connectivity index (χ0) is 16.9. The molecule has 1 fully saturated rings. The number of hydrogen-bond donors (Lipinski definition) is 2. The molecule has 0 spiro atoms. The Morgan fingerprint density at radius 3 is 2.71 bits per heavy atom. The maximum atomic E-state index is 12.0. The normalized spacial score (nSPS) is 20.9. The van der Waals surface area contributed by atoms with Crippen molar-refractivity contribution < 1.29 is 4.79 Å². The molecule has 7 heteroatoms. The molecule has 2 heterocycles. The average Bonchev–Trinajstić information content (AvgIpc) is 3.17. The topological polar surface area (TPSA) is 75.1 Å². The third-order valence-corrected chi connectivity index (χ3v) is 4.61. The molecule has 1 saturated heterocycles. The van der Waals surface area contributed by atoms with Crippen LogP contribution in [-0.2, 0) is 13.6 Å². The SMILES string of the molecule is CN1C[C@@H](CNC(=O)NCc2cnnn2C)[C@H](c2ccccc2)C1. The van der Waals surface area contributed by atoms with Crippen molar-refractivity contribution in [3.05, 3.63) is 47.8 Å². The lowest BCUT2D eigenvalue weighted by molar-refractivity contribution is 0.238.